The lowest BCUT2D eigenvalue weighted by Gasteiger charge is -2.04. The van der Waals surface area contributed by atoms with Gasteiger partial charge in [0, 0.05) is 19.6 Å². The number of halogens is 2. The Hall–Kier alpha value is 0.160. The van der Waals surface area contributed by atoms with E-state index in [2.05, 4.69) is 57.1 Å². The van der Waals surface area contributed by atoms with Crippen LogP contribution in [-0.4, -0.2) is 26.8 Å². The van der Waals surface area contributed by atoms with Crippen molar-refractivity contribution in [3.05, 3.63) is 21.0 Å². The van der Waals surface area contributed by atoms with Crippen LogP contribution in [0.4, 0.5) is 0 Å². The van der Waals surface area contributed by atoms with E-state index in [1.807, 2.05) is 0 Å². The summed E-state index contributed by atoms with van der Waals surface area (Å²) in [5, 5.41) is 3.43. The predicted octanol–water partition coefficient (Wildman–Crippen LogP) is 3.78. The first-order valence-electron chi connectivity index (χ1n) is 6.13. The van der Waals surface area contributed by atoms with Crippen molar-refractivity contribution in [3.63, 3.8) is 0 Å². The zero-order chi connectivity index (χ0) is 13.3. The number of ether oxygens (including phenoxy) is 1. The third-order valence-electron chi connectivity index (χ3n) is 3.87. The van der Waals surface area contributed by atoms with Crippen LogP contribution in [0.2, 0.25) is 0 Å². The molecular weight excluding hydrogens is 362 g/mol. The zero-order valence-electron chi connectivity index (χ0n) is 10.9. The quantitative estimate of drug-likeness (QED) is 0.762. The zero-order valence-corrected chi connectivity index (χ0v) is 14.1. The molecule has 1 aromatic heterocycles. The van der Waals surface area contributed by atoms with Gasteiger partial charge in [-0.05, 0) is 55.8 Å². The molecule has 0 amide bonds. The number of furan rings is 1. The molecule has 1 saturated carbocycles. The van der Waals surface area contributed by atoms with Crippen LogP contribution in [0.25, 0.3) is 0 Å². The molecule has 1 fully saturated rings. The molecule has 3 nitrogen and oxygen atoms in total. The Kier molecular flexibility index (Phi) is 4.57. The highest BCUT2D eigenvalue weighted by Crippen LogP contribution is 2.64. The molecule has 1 N–H and O–H groups in total. The summed E-state index contributed by atoms with van der Waals surface area (Å²) in [5.74, 6) is 2.19. The lowest BCUT2D eigenvalue weighted by Crippen LogP contribution is -2.22. The van der Waals surface area contributed by atoms with Gasteiger partial charge in [0.25, 0.3) is 0 Å². The van der Waals surface area contributed by atoms with Crippen molar-refractivity contribution in [1.29, 1.82) is 0 Å². The molecule has 0 radical (unpaired) electrons. The minimum absolute atomic E-state index is 0.302. The van der Waals surface area contributed by atoms with E-state index in [9.17, 15) is 0 Å². The Morgan fingerprint density at radius 3 is 2.72 bits per heavy atom. The molecular formula is C13H19Br2NO2. The number of hydrogen-bond donors (Lipinski definition) is 1. The molecule has 2 unspecified atom stereocenters. The summed E-state index contributed by atoms with van der Waals surface area (Å²) in [6.45, 7) is 7.27. The summed E-state index contributed by atoms with van der Waals surface area (Å²) in [5.41, 5.74) is 0.302. The highest BCUT2D eigenvalue weighted by atomic mass is 79.9. The lowest BCUT2D eigenvalue weighted by molar-refractivity contribution is 0.198. The highest BCUT2D eigenvalue weighted by Gasteiger charge is 2.59. The van der Waals surface area contributed by atoms with E-state index in [1.54, 1.807) is 7.11 Å². The van der Waals surface area contributed by atoms with Crippen LogP contribution in [0, 0.1) is 11.3 Å². The third kappa shape index (κ3) is 2.84. The SMILES string of the molecule is COCCNCC1C(c2cc(Br)c(Br)o2)C1(C)C. The fourth-order valence-corrected chi connectivity index (χ4v) is 3.25. The first-order chi connectivity index (χ1) is 8.48. The molecule has 0 spiro atoms. The molecule has 0 aliphatic heterocycles. The van der Waals surface area contributed by atoms with Crippen LogP contribution in [0.5, 0.6) is 0 Å². The lowest BCUT2D eigenvalue weighted by atomic mass is 10.1. The average Bonchev–Trinajstić information content (AvgIpc) is 2.68. The van der Waals surface area contributed by atoms with Crippen LogP contribution < -0.4 is 5.32 Å². The minimum atomic E-state index is 0.302. The molecule has 5 heteroatoms. The first-order valence-corrected chi connectivity index (χ1v) is 7.71. The molecule has 102 valence electrons. The van der Waals surface area contributed by atoms with Gasteiger partial charge in [0.15, 0.2) is 4.67 Å². The number of rotatable bonds is 6. The van der Waals surface area contributed by atoms with Gasteiger partial charge in [-0.3, -0.25) is 0 Å². The van der Waals surface area contributed by atoms with Crippen molar-refractivity contribution in [2.75, 3.05) is 26.8 Å². The van der Waals surface area contributed by atoms with Crippen LogP contribution >= 0.6 is 31.9 Å². The van der Waals surface area contributed by atoms with Gasteiger partial charge in [-0.25, -0.2) is 0 Å². The van der Waals surface area contributed by atoms with E-state index in [1.165, 1.54) is 0 Å². The van der Waals surface area contributed by atoms with Crippen molar-refractivity contribution in [2.24, 2.45) is 11.3 Å². The second kappa shape index (κ2) is 5.65. The maximum Gasteiger partial charge on any atom is 0.183 e. The summed E-state index contributed by atoms with van der Waals surface area (Å²) < 4.78 is 12.6. The molecule has 1 aromatic rings. The minimum Gasteiger partial charge on any atom is -0.453 e. The Balaban J connectivity index is 1.93. The van der Waals surface area contributed by atoms with Gasteiger partial charge in [-0.15, -0.1) is 0 Å². The largest absolute Gasteiger partial charge is 0.453 e. The summed E-state index contributed by atoms with van der Waals surface area (Å²) >= 11 is 6.87. The van der Waals surface area contributed by atoms with Gasteiger partial charge in [0.2, 0.25) is 0 Å². The third-order valence-corrected chi connectivity index (χ3v) is 5.58. The fraction of sp³-hybridized carbons (Fsp3) is 0.692. The average molecular weight is 381 g/mol. The molecule has 0 saturated heterocycles. The molecule has 1 aliphatic carbocycles. The van der Waals surface area contributed by atoms with Gasteiger partial charge in [0.05, 0.1) is 11.1 Å². The molecule has 18 heavy (non-hydrogen) atoms. The second-order valence-corrected chi connectivity index (χ2v) is 6.95. The standard InChI is InChI=1S/C13H19Br2NO2/c1-13(2)8(7-16-4-5-17-3)11(13)10-6-9(14)12(15)18-10/h6,8,11,16H,4-5,7H2,1-3H3. The van der Waals surface area contributed by atoms with E-state index in [4.69, 9.17) is 9.15 Å². The van der Waals surface area contributed by atoms with Gasteiger partial charge in [-0.2, -0.15) is 0 Å². The Morgan fingerprint density at radius 1 is 1.44 bits per heavy atom. The first kappa shape index (κ1) is 14.6. The molecule has 2 rings (SSSR count). The normalized spacial score (nSPS) is 25.4. The fourth-order valence-electron chi connectivity index (χ4n) is 2.64. The second-order valence-electron chi connectivity index (χ2n) is 5.37. The van der Waals surface area contributed by atoms with E-state index < -0.39 is 0 Å². The molecule has 1 heterocycles. The van der Waals surface area contributed by atoms with E-state index in [-0.39, 0.29) is 0 Å². The van der Waals surface area contributed by atoms with Crippen LogP contribution in [-0.2, 0) is 4.74 Å². The van der Waals surface area contributed by atoms with E-state index >= 15 is 0 Å². The van der Waals surface area contributed by atoms with Gasteiger partial charge in [-0.1, -0.05) is 13.8 Å². The van der Waals surface area contributed by atoms with Gasteiger partial charge < -0.3 is 14.5 Å². The molecule has 1 aliphatic rings. The predicted molar refractivity (Wildman–Crippen MR) is 78.9 cm³/mol. The van der Waals surface area contributed by atoms with Crippen molar-refractivity contribution in [2.45, 2.75) is 19.8 Å². The Labute approximate surface area is 125 Å². The van der Waals surface area contributed by atoms with Crippen molar-refractivity contribution in [3.8, 4) is 0 Å². The summed E-state index contributed by atoms with van der Waals surface area (Å²) in [7, 11) is 1.73. The summed E-state index contributed by atoms with van der Waals surface area (Å²) in [6, 6.07) is 2.08. The molecule has 2 atom stereocenters. The van der Waals surface area contributed by atoms with Gasteiger partial charge in [0.1, 0.15) is 5.76 Å². The topological polar surface area (TPSA) is 34.4 Å². The van der Waals surface area contributed by atoms with E-state index in [0.29, 0.717) is 17.3 Å². The number of hydrogen-bond acceptors (Lipinski definition) is 3. The van der Waals surface area contributed by atoms with Crippen molar-refractivity contribution >= 4 is 31.9 Å². The number of nitrogens with one attached hydrogen (secondary N) is 1. The van der Waals surface area contributed by atoms with Crippen molar-refractivity contribution in [1.82, 2.24) is 5.32 Å². The van der Waals surface area contributed by atoms with Crippen LogP contribution in [0.3, 0.4) is 0 Å². The maximum atomic E-state index is 5.75. The van der Waals surface area contributed by atoms with Crippen molar-refractivity contribution < 1.29 is 9.15 Å². The molecule has 0 aromatic carbocycles. The highest BCUT2D eigenvalue weighted by molar-refractivity contribution is 9.13. The maximum absolute atomic E-state index is 5.75. The molecule has 0 bridgehead atoms. The van der Waals surface area contributed by atoms with Gasteiger partial charge >= 0.3 is 0 Å². The smallest absolute Gasteiger partial charge is 0.183 e. The summed E-state index contributed by atoms with van der Waals surface area (Å²) in [4.78, 5) is 0. The number of methoxy groups -OCH3 is 1. The Bertz CT molecular complexity index is 398. The van der Waals surface area contributed by atoms with E-state index in [0.717, 1.165) is 34.6 Å². The Morgan fingerprint density at radius 2 is 2.17 bits per heavy atom. The summed E-state index contributed by atoms with van der Waals surface area (Å²) in [6.07, 6.45) is 0. The monoisotopic (exact) mass is 379 g/mol. The van der Waals surface area contributed by atoms with Crippen LogP contribution in [0.1, 0.15) is 25.5 Å². The van der Waals surface area contributed by atoms with Crippen LogP contribution in [0.15, 0.2) is 19.6 Å².